The number of para-hydroxylation sites is 2. The van der Waals surface area contributed by atoms with E-state index in [4.69, 9.17) is 0 Å². The molecule has 2 heterocycles. The largest absolute Gasteiger partial charge is 0.481 e. The highest BCUT2D eigenvalue weighted by atomic mass is 16.4. The molecule has 2 aliphatic rings. The maximum atomic E-state index is 12.4. The van der Waals surface area contributed by atoms with E-state index in [9.17, 15) is 24.3 Å². The lowest BCUT2D eigenvalue weighted by Gasteiger charge is -2.30. The molecular formula is C35H38N4O5. The Morgan fingerprint density at radius 2 is 1.05 bits per heavy atom. The van der Waals surface area contributed by atoms with Gasteiger partial charge in [-0.25, -0.2) is 9.97 Å². The van der Waals surface area contributed by atoms with E-state index in [1.807, 2.05) is 60.7 Å². The van der Waals surface area contributed by atoms with Gasteiger partial charge in [0, 0.05) is 28.8 Å². The van der Waals surface area contributed by atoms with Gasteiger partial charge in [0.2, 0.25) is 0 Å². The lowest BCUT2D eigenvalue weighted by molar-refractivity contribution is -0.143. The van der Waals surface area contributed by atoms with Crippen LogP contribution in [0.4, 0.5) is 0 Å². The monoisotopic (exact) mass is 594 g/mol. The quantitative estimate of drug-likeness (QED) is 0.260. The highest BCUT2D eigenvalue weighted by Crippen LogP contribution is 2.26. The summed E-state index contributed by atoms with van der Waals surface area (Å²) in [6.07, 6.45) is 7.01. The molecule has 3 N–H and O–H groups in total. The van der Waals surface area contributed by atoms with Gasteiger partial charge in [-0.2, -0.15) is 0 Å². The van der Waals surface area contributed by atoms with E-state index in [1.54, 1.807) is 19.1 Å². The molecule has 6 rings (SSSR count). The van der Waals surface area contributed by atoms with E-state index >= 15 is 0 Å². The van der Waals surface area contributed by atoms with Crippen molar-refractivity contribution in [2.45, 2.75) is 70.4 Å². The minimum atomic E-state index is -0.837. The summed E-state index contributed by atoms with van der Waals surface area (Å²) in [7, 11) is 0. The average Bonchev–Trinajstić information content (AvgIpc) is 3.05. The lowest BCUT2D eigenvalue weighted by Crippen LogP contribution is -2.45. The maximum Gasteiger partial charge on any atom is 0.308 e. The number of carbonyl (C=O) groups excluding carboxylic acids is 3. The van der Waals surface area contributed by atoms with Gasteiger partial charge in [0.15, 0.2) is 0 Å². The minimum Gasteiger partial charge on any atom is -0.481 e. The molecule has 4 atom stereocenters. The predicted molar refractivity (Wildman–Crippen MR) is 168 cm³/mol. The number of aromatic nitrogens is 2. The third-order valence-electron chi connectivity index (χ3n) is 8.67. The van der Waals surface area contributed by atoms with Crippen LogP contribution in [0.15, 0.2) is 72.8 Å². The molecule has 0 aliphatic heterocycles. The Balaban J connectivity index is 0.000000175. The second-order valence-corrected chi connectivity index (χ2v) is 11.7. The van der Waals surface area contributed by atoms with E-state index in [0.29, 0.717) is 24.2 Å². The van der Waals surface area contributed by atoms with Crippen molar-refractivity contribution in [3.05, 3.63) is 84.2 Å². The van der Waals surface area contributed by atoms with Crippen molar-refractivity contribution in [1.29, 1.82) is 0 Å². The van der Waals surface area contributed by atoms with Gasteiger partial charge in [0.1, 0.15) is 17.2 Å². The number of hydrogen-bond acceptors (Lipinski definition) is 6. The van der Waals surface area contributed by atoms with Crippen LogP contribution in [0.1, 0.15) is 79.3 Å². The number of carboxylic acids is 1. The first-order chi connectivity index (χ1) is 21.3. The zero-order valence-electron chi connectivity index (χ0n) is 24.9. The Kier molecular flexibility index (Phi) is 9.94. The molecule has 0 unspecified atom stereocenters. The Bertz CT molecular complexity index is 1550. The van der Waals surface area contributed by atoms with Crippen LogP contribution in [0.2, 0.25) is 0 Å². The number of pyridine rings is 2. The van der Waals surface area contributed by atoms with Crippen LogP contribution < -0.4 is 10.6 Å². The van der Waals surface area contributed by atoms with Gasteiger partial charge in [0.25, 0.3) is 11.8 Å². The first kappa shape index (κ1) is 30.8. The van der Waals surface area contributed by atoms with Crippen molar-refractivity contribution in [2.24, 2.45) is 11.8 Å². The SMILES string of the molecule is CC(=O)[C@@H]1CCCC[C@@H]1NC(=O)c1ccc2ccccc2n1.O=C(N[C@H]1CCCC[C@H]1C(=O)O)c1ccc2ccccc2n1. The van der Waals surface area contributed by atoms with Gasteiger partial charge >= 0.3 is 5.97 Å². The second kappa shape index (κ2) is 14.2. The molecule has 0 saturated heterocycles. The minimum absolute atomic E-state index is 0.0573. The van der Waals surface area contributed by atoms with E-state index in [0.717, 1.165) is 60.3 Å². The summed E-state index contributed by atoms with van der Waals surface area (Å²) in [5, 5.41) is 17.1. The third kappa shape index (κ3) is 7.45. The Hall–Kier alpha value is -4.66. The zero-order chi connectivity index (χ0) is 31.1. The molecule has 2 aromatic carbocycles. The van der Waals surface area contributed by atoms with Crippen molar-refractivity contribution < 1.29 is 24.3 Å². The average molecular weight is 595 g/mol. The van der Waals surface area contributed by atoms with E-state index in [-0.39, 0.29) is 35.6 Å². The van der Waals surface area contributed by atoms with Crippen LogP contribution in [-0.4, -0.2) is 50.7 Å². The smallest absolute Gasteiger partial charge is 0.308 e. The molecule has 2 saturated carbocycles. The number of nitrogens with zero attached hydrogens (tertiary/aromatic N) is 2. The molecule has 0 bridgehead atoms. The fourth-order valence-electron chi connectivity index (χ4n) is 6.26. The number of aliphatic carboxylic acids is 1. The number of fused-ring (bicyclic) bond motifs is 2. The number of benzene rings is 2. The summed E-state index contributed by atoms with van der Waals surface area (Å²) in [6, 6.07) is 22.1. The van der Waals surface area contributed by atoms with E-state index in [1.165, 1.54) is 0 Å². The summed E-state index contributed by atoms with van der Waals surface area (Å²) in [6.45, 7) is 1.61. The topological polar surface area (TPSA) is 138 Å². The highest BCUT2D eigenvalue weighted by molar-refractivity contribution is 5.96. The van der Waals surface area contributed by atoms with E-state index in [2.05, 4.69) is 20.6 Å². The predicted octanol–water partition coefficient (Wildman–Crippen LogP) is 5.72. The molecule has 2 amide bonds. The van der Waals surface area contributed by atoms with Crippen LogP contribution in [0, 0.1) is 11.8 Å². The summed E-state index contributed by atoms with van der Waals surface area (Å²) >= 11 is 0. The van der Waals surface area contributed by atoms with E-state index < -0.39 is 11.9 Å². The van der Waals surface area contributed by atoms with Crippen LogP contribution in [-0.2, 0) is 9.59 Å². The lowest BCUT2D eigenvalue weighted by atomic mass is 9.82. The Morgan fingerprint density at radius 1 is 0.614 bits per heavy atom. The number of hydrogen-bond donors (Lipinski definition) is 3. The standard InChI is InChI=1S/C18H20N2O2.C17H18N2O3/c1-12(21)14-7-3-5-9-16(14)20-18(22)17-11-10-13-6-2-4-8-15(13)19-17;20-16(19-14-8-4-2-6-12(14)17(21)22)15-10-9-11-5-1-3-7-13(11)18-15/h2,4,6,8,10-11,14,16H,3,5,7,9H2,1H3,(H,20,22);1,3,5,7,9-10,12,14H,2,4,6,8H2,(H,19,20)(H,21,22)/t14-,16-;12-,14+/m01/s1. The van der Waals surface area contributed by atoms with Gasteiger partial charge < -0.3 is 15.7 Å². The number of amides is 2. The van der Waals surface area contributed by atoms with Crippen LogP contribution in [0.5, 0.6) is 0 Å². The fraction of sp³-hybridized carbons (Fsp3) is 0.371. The summed E-state index contributed by atoms with van der Waals surface area (Å²) in [5.74, 6) is -1.72. The van der Waals surface area contributed by atoms with Crippen LogP contribution in [0.25, 0.3) is 21.8 Å². The number of Topliss-reactive ketones (excluding diaryl/α,β-unsaturated/α-hetero) is 1. The molecule has 2 aliphatic carbocycles. The van der Waals surface area contributed by atoms with Crippen molar-refractivity contribution in [3.8, 4) is 0 Å². The molecule has 2 fully saturated rings. The van der Waals surface area contributed by atoms with Gasteiger partial charge in [-0.15, -0.1) is 0 Å². The van der Waals surface area contributed by atoms with Gasteiger partial charge in [-0.05, 0) is 56.9 Å². The van der Waals surface area contributed by atoms with Crippen molar-refractivity contribution in [2.75, 3.05) is 0 Å². The molecule has 4 aromatic rings. The Morgan fingerprint density at radius 3 is 1.52 bits per heavy atom. The molecule has 44 heavy (non-hydrogen) atoms. The molecular weight excluding hydrogens is 556 g/mol. The summed E-state index contributed by atoms with van der Waals surface area (Å²) in [5.41, 5.74) is 2.30. The molecule has 0 radical (unpaired) electrons. The van der Waals surface area contributed by atoms with Gasteiger partial charge in [0.05, 0.1) is 17.0 Å². The zero-order valence-corrected chi connectivity index (χ0v) is 24.9. The molecule has 228 valence electrons. The number of nitrogens with one attached hydrogen (secondary N) is 2. The number of ketones is 1. The summed E-state index contributed by atoms with van der Waals surface area (Å²) < 4.78 is 0. The van der Waals surface area contributed by atoms with Crippen molar-refractivity contribution >= 4 is 45.4 Å². The first-order valence-electron chi connectivity index (χ1n) is 15.4. The molecule has 2 aromatic heterocycles. The second-order valence-electron chi connectivity index (χ2n) is 11.7. The number of rotatable bonds is 6. The Labute approximate surface area is 256 Å². The van der Waals surface area contributed by atoms with Gasteiger partial charge in [-0.1, -0.05) is 74.2 Å². The number of carbonyl (C=O) groups is 4. The van der Waals surface area contributed by atoms with Crippen LogP contribution >= 0.6 is 0 Å². The van der Waals surface area contributed by atoms with Gasteiger partial charge in [-0.3, -0.25) is 19.2 Å². The maximum absolute atomic E-state index is 12.4. The van der Waals surface area contributed by atoms with Crippen molar-refractivity contribution in [3.63, 3.8) is 0 Å². The molecule has 9 heteroatoms. The fourth-order valence-corrected chi connectivity index (χ4v) is 6.26. The normalized spacial score (nSPS) is 21.5. The third-order valence-corrected chi connectivity index (χ3v) is 8.67. The van der Waals surface area contributed by atoms with Crippen LogP contribution in [0.3, 0.4) is 0 Å². The molecule has 0 spiro atoms. The highest BCUT2D eigenvalue weighted by Gasteiger charge is 2.32. The number of carboxylic acid groups (broad SMARTS) is 1. The molecule has 9 nitrogen and oxygen atoms in total. The van der Waals surface area contributed by atoms with Crippen molar-refractivity contribution in [1.82, 2.24) is 20.6 Å². The summed E-state index contributed by atoms with van der Waals surface area (Å²) in [4.78, 5) is 56.6. The first-order valence-corrected chi connectivity index (χ1v) is 15.4.